The number of fused-ring (bicyclic) bond motifs is 1. The fraction of sp³-hybridized carbons (Fsp3) is 0.417. The van der Waals surface area contributed by atoms with Gasteiger partial charge in [0.2, 0.25) is 0 Å². The van der Waals surface area contributed by atoms with Gasteiger partial charge in [0, 0.05) is 32.1 Å². The van der Waals surface area contributed by atoms with Crippen LogP contribution in [0.15, 0.2) is 36.4 Å². The van der Waals surface area contributed by atoms with Crippen molar-refractivity contribution in [3.8, 4) is 17.2 Å². The van der Waals surface area contributed by atoms with Crippen molar-refractivity contribution in [2.24, 2.45) is 0 Å². The fourth-order valence-electron chi connectivity index (χ4n) is 4.32. The van der Waals surface area contributed by atoms with E-state index in [4.69, 9.17) is 24.2 Å². The molecule has 1 saturated carbocycles. The SMILES string of the molecule is COc1ccccc1N1CCN(c2nc(C3CC3)nc3c(OC)ccc(OC)c23)CC1. The number of methoxy groups -OCH3 is 3. The maximum absolute atomic E-state index is 5.71. The van der Waals surface area contributed by atoms with Crippen molar-refractivity contribution < 1.29 is 14.2 Å². The smallest absolute Gasteiger partial charge is 0.145 e. The first-order valence-corrected chi connectivity index (χ1v) is 10.8. The van der Waals surface area contributed by atoms with E-state index in [1.165, 1.54) is 0 Å². The molecular formula is C24H28N4O3. The van der Waals surface area contributed by atoms with Gasteiger partial charge in [-0.1, -0.05) is 12.1 Å². The lowest BCUT2D eigenvalue weighted by molar-refractivity contribution is 0.409. The van der Waals surface area contributed by atoms with Crippen molar-refractivity contribution in [3.05, 3.63) is 42.2 Å². The summed E-state index contributed by atoms with van der Waals surface area (Å²) in [6, 6.07) is 12.1. The third-order valence-corrected chi connectivity index (χ3v) is 6.16. The first-order valence-electron chi connectivity index (χ1n) is 10.8. The lowest BCUT2D eigenvalue weighted by Crippen LogP contribution is -2.47. The molecule has 3 aromatic rings. The van der Waals surface area contributed by atoms with E-state index in [1.54, 1.807) is 21.3 Å². The number of hydrogen-bond donors (Lipinski definition) is 0. The molecule has 0 amide bonds. The Balaban J connectivity index is 1.51. The van der Waals surface area contributed by atoms with Crippen LogP contribution in [-0.2, 0) is 0 Å². The van der Waals surface area contributed by atoms with Gasteiger partial charge >= 0.3 is 0 Å². The van der Waals surface area contributed by atoms with E-state index in [9.17, 15) is 0 Å². The molecule has 2 heterocycles. The molecule has 5 rings (SSSR count). The highest BCUT2D eigenvalue weighted by Gasteiger charge is 2.31. The topological polar surface area (TPSA) is 60.0 Å². The monoisotopic (exact) mass is 420 g/mol. The normalized spacial score (nSPS) is 16.5. The predicted molar refractivity (Wildman–Crippen MR) is 122 cm³/mol. The summed E-state index contributed by atoms with van der Waals surface area (Å²) in [5.41, 5.74) is 1.97. The van der Waals surface area contributed by atoms with Crippen LogP contribution in [0.2, 0.25) is 0 Å². The van der Waals surface area contributed by atoms with E-state index >= 15 is 0 Å². The van der Waals surface area contributed by atoms with E-state index in [-0.39, 0.29) is 0 Å². The van der Waals surface area contributed by atoms with E-state index in [2.05, 4.69) is 21.9 Å². The number of anilines is 2. The molecule has 2 fully saturated rings. The maximum atomic E-state index is 5.71. The molecule has 0 bridgehead atoms. The van der Waals surface area contributed by atoms with Gasteiger partial charge in [-0.05, 0) is 37.1 Å². The second kappa shape index (κ2) is 8.13. The molecule has 162 valence electrons. The van der Waals surface area contributed by atoms with Gasteiger partial charge in [-0.15, -0.1) is 0 Å². The summed E-state index contributed by atoms with van der Waals surface area (Å²) in [6.45, 7) is 3.48. The Hall–Kier alpha value is -3.22. The molecule has 31 heavy (non-hydrogen) atoms. The average molecular weight is 421 g/mol. The maximum Gasteiger partial charge on any atom is 0.145 e. The summed E-state index contributed by atoms with van der Waals surface area (Å²) in [5, 5.41) is 0.928. The second-order valence-corrected chi connectivity index (χ2v) is 8.02. The fourth-order valence-corrected chi connectivity index (χ4v) is 4.32. The molecule has 0 N–H and O–H groups in total. The second-order valence-electron chi connectivity index (χ2n) is 8.02. The van der Waals surface area contributed by atoms with Crippen molar-refractivity contribution in [2.75, 3.05) is 57.3 Å². The lowest BCUT2D eigenvalue weighted by Gasteiger charge is -2.37. The number of rotatable bonds is 6. The molecule has 1 aliphatic carbocycles. The Bertz CT molecular complexity index is 1090. The molecule has 1 aromatic heterocycles. The van der Waals surface area contributed by atoms with Crippen molar-refractivity contribution in [3.63, 3.8) is 0 Å². The first-order chi connectivity index (χ1) is 15.2. The zero-order valence-corrected chi connectivity index (χ0v) is 18.3. The molecule has 0 spiro atoms. The van der Waals surface area contributed by atoms with Crippen LogP contribution in [0, 0.1) is 0 Å². The molecule has 1 aliphatic heterocycles. The van der Waals surface area contributed by atoms with Crippen LogP contribution < -0.4 is 24.0 Å². The Morgan fingerprint density at radius 1 is 0.742 bits per heavy atom. The van der Waals surface area contributed by atoms with Crippen LogP contribution in [0.1, 0.15) is 24.6 Å². The van der Waals surface area contributed by atoms with Gasteiger partial charge in [0.1, 0.15) is 34.4 Å². The summed E-state index contributed by atoms with van der Waals surface area (Å²) in [5.74, 6) is 4.76. The highest BCUT2D eigenvalue weighted by Crippen LogP contribution is 2.43. The van der Waals surface area contributed by atoms with Gasteiger partial charge in [-0.2, -0.15) is 0 Å². The third kappa shape index (κ3) is 3.58. The molecule has 0 unspecified atom stereocenters. The quantitative estimate of drug-likeness (QED) is 0.600. The largest absolute Gasteiger partial charge is 0.496 e. The van der Waals surface area contributed by atoms with Gasteiger partial charge in [0.25, 0.3) is 0 Å². The van der Waals surface area contributed by atoms with E-state index in [0.29, 0.717) is 5.92 Å². The van der Waals surface area contributed by atoms with Gasteiger partial charge in [-0.3, -0.25) is 0 Å². The molecule has 0 radical (unpaired) electrons. The van der Waals surface area contributed by atoms with Crippen LogP contribution in [0.5, 0.6) is 17.2 Å². The molecule has 7 nitrogen and oxygen atoms in total. The lowest BCUT2D eigenvalue weighted by atomic mass is 10.1. The Labute approximate surface area is 182 Å². The zero-order chi connectivity index (χ0) is 21.4. The standard InChI is InChI=1S/C24H28N4O3/c1-29-18-7-5-4-6-17(18)27-12-14-28(15-13-27)24-21-19(30-2)10-11-20(31-3)22(21)25-23(26-24)16-8-9-16/h4-7,10-11,16H,8-9,12-15H2,1-3H3. The number of aromatic nitrogens is 2. The van der Waals surface area contributed by atoms with Gasteiger partial charge in [0.05, 0.1) is 32.4 Å². The first kappa shape index (κ1) is 19.7. The summed E-state index contributed by atoms with van der Waals surface area (Å²) < 4.78 is 16.9. The molecule has 2 aromatic carbocycles. The number of nitrogens with zero attached hydrogens (tertiary/aromatic N) is 4. The Kier molecular flexibility index (Phi) is 5.18. The van der Waals surface area contributed by atoms with Gasteiger partial charge < -0.3 is 24.0 Å². The van der Waals surface area contributed by atoms with Crippen molar-refractivity contribution >= 4 is 22.4 Å². The third-order valence-electron chi connectivity index (χ3n) is 6.16. The minimum atomic E-state index is 0.453. The van der Waals surface area contributed by atoms with E-state index < -0.39 is 0 Å². The molecule has 7 heteroatoms. The molecular weight excluding hydrogens is 392 g/mol. The van der Waals surface area contributed by atoms with Crippen LogP contribution in [0.25, 0.3) is 10.9 Å². The molecule has 0 atom stereocenters. The minimum Gasteiger partial charge on any atom is -0.496 e. The Morgan fingerprint density at radius 3 is 2.06 bits per heavy atom. The summed E-state index contributed by atoms with van der Waals surface area (Å²) in [4.78, 5) is 14.7. The number of piperazine rings is 1. The highest BCUT2D eigenvalue weighted by atomic mass is 16.5. The summed E-state index contributed by atoms with van der Waals surface area (Å²) in [6.07, 6.45) is 2.30. The molecule has 2 aliphatic rings. The van der Waals surface area contributed by atoms with Crippen LogP contribution >= 0.6 is 0 Å². The predicted octanol–water partition coefficient (Wildman–Crippen LogP) is 3.86. The minimum absolute atomic E-state index is 0.453. The van der Waals surface area contributed by atoms with E-state index in [0.717, 1.165) is 84.5 Å². The van der Waals surface area contributed by atoms with Crippen molar-refractivity contribution in [1.29, 1.82) is 0 Å². The van der Waals surface area contributed by atoms with Crippen LogP contribution in [-0.4, -0.2) is 57.5 Å². The van der Waals surface area contributed by atoms with E-state index in [1.807, 2.05) is 24.3 Å². The number of hydrogen-bond acceptors (Lipinski definition) is 7. The van der Waals surface area contributed by atoms with Crippen molar-refractivity contribution in [1.82, 2.24) is 9.97 Å². The zero-order valence-electron chi connectivity index (χ0n) is 18.3. The van der Waals surface area contributed by atoms with Crippen LogP contribution in [0.4, 0.5) is 11.5 Å². The highest BCUT2D eigenvalue weighted by molar-refractivity contribution is 5.98. The average Bonchev–Trinajstić information content (AvgIpc) is 3.68. The molecule has 1 saturated heterocycles. The van der Waals surface area contributed by atoms with Gasteiger partial charge in [-0.25, -0.2) is 9.97 Å². The number of ether oxygens (including phenoxy) is 3. The summed E-state index contributed by atoms with van der Waals surface area (Å²) in [7, 11) is 5.10. The Morgan fingerprint density at radius 2 is 1.39 bits per heavy atom. The van der Waals surface area contributed by atoms with Crippen LogP contribution in [0.3, 0.4) is 0 Å². The number of para-hydroxylation sites is 2. The number of benzene rings is 2. The van der Waals surface area contributed by atoms with Gasteiger partial charge in [0.15, 0.2) is 0 Å². The van der Waals surface area contributed by atoms with Crippen molar-refractivity contribution in [2.45, 2.75) is 18.8 Å². The summed E-state index contributed by atoms with van der Waals surface area (Å²) >= 11 is 0.